The maximum atomic E-state index is 12.0. The minimum absolute atomic E-state index is 0.0935. The summed E-state index contributed by atoms with van der Waals surface area (Å²) in [5.74, 6) is 6.41. The van der Waals surface area contributed by atoms with Crippen molar-refractivity contribution in [3.8, 4) is 17.6 Å². The topological polar surface area (TPSA) is 58.6 Å². The van der Waals surface area contributed by atoms with Gasteiger partial charge in [0.25, 0.3) is 5.91 Å². The number of amides is 1. The second-order valence-corrected chi connectivity index (χ2v) is 4.67. The SMILES string of the molecule is COc1ccc(C(=O)NC2CC2C)cc1C#CCO. The molecule has 0 heterocycles. The highest BCUT2D eigenvalue weighted by molar-refractivity contribution is 5.95. The summed E-state index contributed by atoms with van der Waals surface area (Å²) in [6.07, 6.45) is 1.04. The van der Waals surface area contributed by atoms with Crippen LogP contribution in [0.4, 0.5) is 0 Å². The van der Waals surface area contributed by atoms with E-state index in [1.165, 1.54) is 0 Å². The number of benzene rings is 1. The number of nitrogens with one attached hydrogen (secondary N) is 1. The highest BCUT2D eigenvalue weighted by Gasteiger charge is 2.34. The molecule has 2 rings (SSSR count). The van der Waals surface area contributed by atoms with Gasteiger partial charge in [-0.05, 0) is 30.5 Å². The van der Waals surface area contributed by atoms with Crippen molar-refractivity contribution in [1.29, 1.82) is 0 Å². The van der Waals surface area contributed by atoms with E-state index >= 15 is 0 Å². The van der Waals surface area contributed by atoms with E-state index in [0.29, 0.717) is 28.8 Å². The van der Waals surface area contributed by atoms with E-state index in [9.17, 15) is 4.79 Å². The second kappa shape index (κ2) is 5.77. The van der Waals surface area contributed by atoms with Gasteiger partial charge in [-0.25, -0.2) is 0 Å². The van der Waals surface area contributed by atoms with Gasteiger partial charge in [0.2, 0.25) is 0 Å². The largest absolute Gasteiger partial charge is 0.495 e. The Kier molecular flexibility index (Phi) is 4.08. The van der Waals surface area contributed by atoms with Crippen LogP contribution in [0, 0.1) is 17.8 Å². The zero-order chi connectivity index (χ0) is 13.8. The summed E-state index contributed by atoms with van der Waals surface area (Å²) < 4.78 is 5.17. The molecule has 0 aliphatic heterocycles. The number of carbonyl (C=O) groups excluding carboxylic acids is 1. The van der Waals surface area contributed by atoms with Gasteiger partial charge in [0.15, 0.2) is 0 Å². The molecule has 1 aromatic rings. The van der Waals surface area contributed by atoms with Crippen LogP contribution in [0.25, 0.3) is 0 Å². The van der Waals surface area contributed by atoms with Crippen LogP contribution in [-0.4, -0.2) is 30.8 Å². The number of aliphatic hydroxyl groups excluding tert-OH is 1. The van der Waals surface area contributed by atoms with Crippen LogP contribution < -0.4 is 10.1 Å². The van der Waals surface area contributed by atoms with Crippen molar-refractivity contribution in [3.63, 3.8) is 0 Å². The van der Waals surface area contributed by atoms with Gasteiger partial charge in [0.1, 0.15) is 12.4 Å². The molecule has 0 radical (unpaired) electrons. The van der Waals surface area contributed by atoms with E-state index in [2.05, 4.69) is 24.1 Å². The van der Waals surface area contributed by atoms with Crippen molar-refractivity contribution in [2.24, 2.45) is 5.92 Å². The fourth-order valence-corrected chi connectivity index (χ4v) is 1.86. The molecular weight excluding hydrogens is 242 g/mol. The van der Waals surface area contributed by atoms with Crippen LogP contribution in [0.2, 0.25) is 0 Å². The van der Waals surface area contributed by atoms with Gasteiger partial charge >= 0.3 is 0 Å². The molecule has 2 N–H and O–H groups in total. The van der Waals surface area contributed by atoms with Crippen molar-refractivity contribution in [2.75, 3.05) is 13.7 Å². The van der Waals surface area contributed by atoms with E-state index in [1.54, 1.807) is 25.3 Å². The van der Waals surface area contributed by atoms with Crippen molar-refractivity contribution in [2.45, 2.75) is 19.4 Å². The van der Waals surface area contributed by atoms with Crippen molar-refractivity contribution in [1.82, 2.24) is 5.32 Å². The molecule has 1 aliphatic carbocycles. The van der Waals surface area contributed by atoms with Gasteiger partial charge in [-0.15, -0.1) is 0 Å². The van der Waals surface area contributed by atoms with Crippen LogP contribution in [0.3, 0.4) is 0 Å². The summed E-state index contributed by atoms with van der Waals surface area (Å²) in [5.41, 5.74) is 1.16. The lowest BCUT2D eigenvalue weighted by Crippen LogP contribution is -2.26. The molecule has 4 nitrogen and oxygen atoms in total. The minimum atomic E-state index is -0.223. The highest BCUT2D eigenvalue weighted by atomic mass is 16.5. The normalized spacial score (nSPS) is 20.2. The van der Waals surface area contributed by atoms with Gasteiger partial charge in [0, 0.05) is 11.6 Å². The lowest BCUT2D eigenvalue weighted by molar-refractivity contribution is 0.0949. The van der Waals surface area contributed by atoms with Gasteiger partial charge in [-0.2, -0.15) is 0 Å². The smallest absolute Gasteiger partial charge is 0.251 e. The molecule has 1 saturated carbocycles. The second-order valence-electron chi connectivity index (χ2n) is 4.67. The van der Waals surface area contributed by atoms with Gasteiger partial charge in [-0.3, -0.25) is 4.79 Å². The Balaban J connectivity index is 2.19. The lowest BCUT2D eigenvalue weighted by atomic mass is 10.1. The van der Waals surface area contributed by atoms with E-state index in [1.807, 2.05) is 0 Å². The highest BCUT2D eigenvalue weighted by Crippen LogP contribution is 2.29. The van der Waals surface area contributed by atoms with Crippen LogP contribution in [0.5, 0.6) is 5.75 Å². The summed E-state index contributed by atoms with van der Waals surface area (Å²) in [5, 5.41) is 11.7. The molecule has 0 aromatic heterocycles. The number of methoxy groups -OCH3 is 1. The Bertz CT molecular complexity index is 542. The molecular formula is C15H17NO3. The summed E-state index contributed by atoms with van der Waals surface area (Å²) in [6, 6.07) is 5.41. The third-order valence-corrected chi connectivity index (χ3v) is 3.19. The Hall–Kier alpha value is -1.99. The fourth-order valence-electron chi connectivity index (χ4n) is 1.86. The third-order valence-electron chi connectivity index (χ3n) is 3.19. The van der Waals surface area contributed by atoms with E-state index < -0.39 is 0 Å². The summed E-state index contributed by atoms with van der Waals surface area (Å²) >= 11 is 0. The molecule has 100 valence electrons. The first kappa shape index (κ1) is 13.4. The zero-order valence-corrected chi connectivity index (χ0v) is 11.1. The van der Waals surface area contributed by atoms with E-state index in [0.717, 1.165) is 6.42 Å². The molecule has 1 aromatic carbocycles. The third kappa shape index (κ3) is 3.27. The summed E-state index contributed by atoms with van der Waals surface area (Å²) in [4.78, 5) is 12.0. The number of hydrogen-bond acceptors (Lipinski definition) is 3. The Morgan fingerprint density at radius 3 is 2.89 bits per heavy atom. The standard InChI is InChI=1S/C15H17NO3/c1-10-8-13(10)16-15(18)12-5-6-14(19-2)11(9-12)4-3-7-17/h5-6,9-10,13,17H,7-8H2,1-2H3,(H,16,18). The molecule has 1 fully saturated rings. The molecule has 19 heavy (non-hydrogen) atoms. The Morgan fingerprint density at radius 1 is 1.58 bits per heavy atom. The van der Waals surface area contributed by atoms with Crippen LogP contribution >= 0.6 is 0 Å². The Morgan fingerprint density at radius 2 is 2.32 bits per heavy atom. The van der Waals surface area contributed by atoms with E-state index in [4.69, 9.17) is 9.84 Å². The maximum absolute atomic E-state index is 12.0. The van der Waals surface area contributed by atoms with Crippen LogP contribution in [0.1, 0.15) is 29.3 Å². The van der Waals surface area contributed by atoms with Crippen LogP contribution in [-0.2, 0) is 0 Å². The molecule has 2 atom stereocenters. The minimum Gasteiger partial charge on any atom is -0.495 e. The molecule has 2 unspecified atom stereocenters. The van der Waals surface area contributed by atoms with Gasteiger partial charge in [-0.1, -0.05) is 18.8 Å². The first-order chi connectivity index (χ1) is 9.15. The molecule has 4 heteroatoms. The first-order valence-corrected chi connectivity index (χ1v) is 6.24. The molecule has 0 bridgehead atoms. The first-order valence-electron chi connectivity index (χ1n) is 6.24. The summed E-state index contributed by atoms with van der Waals surface area (Å²) in [6.45, 7) is 1.89. The zero-order valence-electron chi connectivity index (χ0n) is 11.1. The maximum Gasteiger partial charge on any atom is 0.251 e. The number of rotatable bonds is 3. The number of hydrogen-bond donors (Lipinski definition) is 2. The average Bonchev–Trinajstić information content (AvgIpc) is 3.11. The van der Waals surface area contributed by atoms with Gasteiger partial charge in [0.05, 0.1) is 12.7 Å². The molecule has 0 spiro atoms. The van der Waals surface area contributed by atoms with Gasteiger partial charge < -0.3 is 15.2 Å². The van der Waals surface area contributed by atoms with Crippen LogP contribution in [0.15, 0.2) is 18.2 Å². The molecule has 0 saturated heterocycles. The molecule has 1 amide bonds. The quantitative estimate of drug-likeness (QED) is 0.801. The number of aliphatic hydroxyl groups is 1. The predicted octanol–water partition coefficient (Wildman–Crippen LogP) is 1.18. The average molecular weight is 259 g/mol. The molecule has 1 aliphatic rings. The van der Waals surface area contributed by atoms with Crippen molar-refractivity contribution < 1.29 is 14.6 Å². The fraction of sp³-hybridized carbons (Fsp3) is 0.400. The monoisotopic (exact) mass is 259 g/mol. The summed E-state index contributed by atoms with van der Waals surface area (Å²) in [7, 11) is 1.55. The number of ether oxygens (including phenoxy) is 1. The predicted molar refractivity (Wildman–Crippen MR) is 72.0 cm³/mol. The number of carbonyl (C=O) groups is 1. The van der Waals surface area contributed by atoms with Crippen molar-refractivity contribution >= 4 is 5.91 Å². The van der Waals surface area contributed by atoms with Crippen molar-refractivity contribution in [3.05, 3.63) is 29.3 Å². The Labute approximate surface area is 112 Å². The van der Waals surface area contributed by atoms with E-state index in [-0.39, 0.29) is 12.5 Å². The lowest BCUT2D eigenvalue weighted by Gasteiger charge is -2.07.